The van der Waals surface area contributed by atoms with Gasteiger partial charge in [0.15, 0.2) is 0 Å². The van der Waals surface area contributed by atoms with Crippen LogP contribution in [0.15, 0.2) is 72.1 Å². The SMILES string of the molecule is Cc1nc(-c2ccccc2OCc2ccc(-c3ccc(C(F)(F)F)cc3)cc2C)cs1. The first-order valence-corrected chi connectivity index (χ1v) is 10.6. The van der Waals surface area contributed by atoms with E-state index in [1.165, 1.54) is 12.1 Å². The molecule has 158 valence electrons. The number of nitrogens with zero attached hydrogens (tertiary/aromatic N) is 1. The summed E-state index contributed by atoms with van der Waals surface area (Å²) >= 11 is 1.60. The maximum absolute atomic E-state index is 12.8. The molecule has 31 heavy (non-hydrogen) atoms. The molecule has 0 unspecified atom stereocenters. The van der Waals surface area contributed by atoms with Gasteiger partial charge >= 0.3 is 6.18 Å². The Balaban J connectivity index is 1.51. The highest BCUT2D eigenvalue weighted by Gasteiger charge is 2.29. The predicted octanol–water partition coefficient (Wildman–Crippen LogP) is 7.69. The molecule has 4 rings (SSSR count). The Bertz CT molecular complexity index is 1200. The number of benzene rings is 3. The summed E-state index contributed by atoms with van der Waals surface area (Å²) in [6.45, 7) is 4.33. The highest BCUT2D eigenvalue weighted by atomic mass is 32.1. The second-order valence-corrected chi connectivity index (χ2v) is 8.32. The molecule has 0 aliphatic heterocycles. The van der Waals surface area contributed by atoms with Crippen LogP contribution in [-0.2, 0) is 12.8 Å². The van der Waals surface area contributed by atoms with Crippen LogP contribution in [0.3, 0.4) is 0 Å². The number of halogens is 3. The third kappa shape index (κ3) is 4.80. The van der Waals surface area contributed by atoms with E-state index in [-0.39, 0.29) is 0 Å². The van der Waals surface area contributed by atoms with Crippen LogP contribution in [0.25, 0.3) is 22.4 Å². The van der Waals surface area contributed by atoms with Crippen LogP contribution in [-0.4, -0.2) is 4.98 Å². The van der Waals surface area contributed by atoms with Crippen molar-refractivity contribution in [2.75, 3.05) is 0 Å². The van der Waals surface area contributed by atoms with Gasteiger partial charge in [-0.1, -0.05) is 42.5 Å². The minimum atomic E-state index is -4.33. The van der Waals surface area contributed by atoms with Crippen molar-refractivity contribution in [2.45, 2.75) is 26.6 Å². The Morgan fingerprint density at radius 1 is 0.903 bits per heavy atom. The van der Waals surface area contributed by atoms with Gasteiger partial charge in [0.25, 0.3) is 0 Å². The fourth-order valence-electron chi connectivity index (χ4n) is 3.34. The van der Waals surface area contributed by atoms with E-state index in [1.807, 2.05) is 61.7 Å². The van der Waals surface area contributed by atoms with Crippen LogP contribution in [0.4, 0.5) is 13.2 Å². The lowest BCUT2D eigenvalue weighted by atomic mass is 9.99. The van der Waals surface area contributed by atoms with E-state index in [9.17, 15) is 13.2 Å². The molecule has 0 radical (unpaired) electrons. The minimum absolute atomic E-state index is 0.388. The summed E-state index contributed by atoms with van der Waals surface area (Å²) in [5, 5.41) is 3.02. The van der Waals surface area contributed by atoms with Crippen molar-refractivity contribution in [3.8, 4) is 28.1 Å². The van der Waals surface area contributed by atoms with Crippen molar-refractivity contribution >= 4 is 11.3 Å². The number of alkyl halides is 3. The van der Waals surface area contributed by atoms with Crippen LogP contribution in [0.5, 0.6) is 5.75 Å². The van der Waals surface area contributed by atoms with Crippen LogP contribution in [0.1, 0.15) is 21.7 Å². The zero-order chi connectivity index (χ0) is 22.0. The summed E-state index contributed by atoms with van der Waals surface area (Å²) in [6, 6.07) is 18.9. The summed E-state index contributed by atoms with van der Waals surface area (Å²) in [6.07, 6.45) is -4.33. The summed E-state index contributed by atoms with van der Waals surface area (Å²) in [5.74, 6) is 0.763. The summed E-state index contributed by atoms with van der Waals surface area (Å²) in [5.41, 5.74) is 4.84. The summed E-state index contributed by atoms with van der Waals surface area (Å²) in [4.78, 5) is 4.55. The molecular weight excluding hydrogens is 419 g/mol. The molecule has 0 atom stereocenters. The normalized spacial score (nSPS) is 11.5. The van der Waals surface area contributed by atoms with Crippen molar-refractivity contribution in [2.24, 2.45) is 0 Å². The first kappa shape index (κ1) is 21.1. The third-order valence-corrected chi connectivity index (χ3v) is 5.83. The van der Waals surface area contributed by atoms with Crippen LogP contribution in [0, 0.1) is 13.8 Å². The smallest absolute Gasteiger partial charge is 0.416 e. The molecule has 4 aromatic rings. The molecule has 0 amide bonds. The van der Waals surface area contributed by atoms with E-state index in [0.717, 1.165) is 56.4 Å². The van der Waals surface area contributed by atoms with E-state index in [2.05, 4.69) is 4.98 Å². The highest BCUT2D eigenvalue weighted by Crippen LogP contribution is 2.33. The number of rotatable bonds is 5. The number of hydrogen-bond acceptors (Lipinski definition) is 3. The molecule has 0 bridgehead atoms. The number of hydrogen-bond donors (Lipinski definition) is 0. The van der Waals surface area contributed by atoms with Gasteiger partial charge in [-0.25, -0.2) is 4.98 Å². The van der Waals surface area contributed by atoms with Crippen molar-refractivity contribution in [3.05, 3.63) is 93.8 Å². The van der Waals surface area contributed by atoms with Gasteiger partial charge in [-0.05, 0) is 60.4 Å². The molecule has 3 aromatic carbocycles. The van der Waals surface area contributed by atoms with Crippen molar-refractivity contribution in [1.82, 2.24) is 4.98 Å². The summed E-state index contributed by atoms with van der Waals surface area (Å²) in [7, 11) is 0. The lowest BCUT2D eigenvalue weighted by molar-refractivity contribution is -0.137. The Morgan fingerprint density at radius 2 is 1.61 bits per heavy atom. The summed E-state index contributed by atoms with van der Waals surface area (Å²) < 4.78 is 44.5. The number of ether oxygens (including phenoxy) is 1. The molecule has 0 aliphatic carbocycles. The predicted molar refractivity (Wildman–Crippen MR) is 118 cm³/mol. The Kier molecular flexibility index (Phi) is 5.83. The fourth-order valence-corrected chi connectivity index (χ4v) is 3.95. The van der Waals surface area contributed by atoms with Crippen LogP contribution >= 0.6 is 11.3 Å². The van der Waals surface area contributed by atoms with Crippen molar-refractivity contribution in [3.63, 3.8) is 0 Å². The second kappa shape index (κ2) is 8.55. The number of aromatic nitrogens is 1. The molecule has 0 saturated heterocycles. The average molecular weight is 440 g/mol. The van der Waals surface area contributed by atoms with Gasteiger partial charge in [-0.15, -0.1) is 11.3 Å². The second-order valence-electron chi connectivity index (χ2n) is 7.25. The molecule has 0 aliphatic rings. The van der Waals surface area contributed by atoms with E-state index in [0.29, 0.717) is 6.61 Å². The zero-order valence-electron chi connectivity index (χ0n) is 17.0. The van der Waals surface area contributed by atoms with Gasteiger partial charge in [0.05, 0.1) is 16.3 Å². The van der Waals surface area contributed by atoms with Gasteiger partial charge in [0, 0.05) is 10.9 Å². The first-order chi connectivity index (χ1) is 14.8. The number of thiazole rings is 1. The molecule has 1 aromatic heterocycles. The highest BCUT2D eigenvalue weighted by molar-refractivity contribution is 7.09. The van der Waals surface area contributed by atoms with Crippen LogP contribution < -0.4 is 4.74 Å². The fraction of sp³-hybridized carbons (Fsp3) is 0.160. The van der Waals surface area contributed by atoms with Gasteiger partial charge in [-0.3, -0.25) is 0 Å². The van der Waals surface area contributed by atoms with Gasteiger partial charge in [0.2, 0.25) is 0 Å². The average Bonchev–Trinajstić information content (AvgIpc) is 3.18. The van der Waals surface area contributed by atoms with Gasteiger partial charge in [0.1, 0.15) is 12.4 Å². The molecule has 6 heteroatoms. The number of para-hydroxylation sites is 1. The Morgan fingerprint density at radius 3 is 2.26 bits per heavy atom. The Labute approximate surface area is 183 Å². The maximum Gasteiger partial charge on any atom is 0.416 e. The van der Waals surface area contributed by atoms with Crippen LogP contribution in [0.2, 0.25) is 0 Å². The van der Waals surface area contributed by atoms with Gasteiger partial charge in [-0.2, -0.15) is 13.2 Å². The lowest BCUT2D eigenvalue weighted by Gasteiger charge is -2.13. The first-order valence-electron chi connectivity index (χ1n) is 9.73. The van der Waals surface area contributed by atoms with Crippen molar-refractivity contribution in [1.29, 1.82) is 0 Å². The largest absolute Gasteiger partial charge is 0.488 e. The molecule has 1 heterocycles. The van der Waals surface area contributed by atoms with Crippen molar-refractivity contribution < 1.29 is 17.9 Å². The lowest BCUT2D eigenvalue weighted by Crippen LogP contribution is -2.04. The molecular formula is C25H20F3NOS. The van der Waals surface area contributed by atoms with Gasteiger partial charge < -0.3 is 4.74 Å². The maximum atomic E-state index is 12.8. The van der Waals surface area contributed by atoms with E-state index < -0.39 is 11.7 Å². The molecule has 0 spiro atoms. The monoisotopic (exact) mass is 439 g/mol. The molecule has 0 N–H and O–H groups in total. The van der Waals surface area contributed by atoms with E-state index >= 15 is 0 Å². The molecule has 2 nitrogen and oxygen atoms in total. The number of aryl methyl sites for hydroxylation is 2. The topological polar surface area (TPSA) is 22.1 Å². The molecule has 0 fully saturated rings. The quantitative estimate of drug-likeness (QED) is 0.318. The third-order valence-electron chi connectivity index (χ3n) is 5.05. The standard InChI is InChI=1S/C25H20F3NOS/c1-16-13-19(18-9-11-21(12-10-18)25(26,27)28)7-8-20(16)14-30-24-6-4-3-5-22(24)23-15-31-17(2)29-23/h3-13,15H,14H2,1-2H3. The Hall–Kier alpha value is -3.12. The minimum Gasteiger partial charge on any atom is -0.488 e. The zero-order valence-corrected chi connectivity index (χ0v) is 17.8. The van der Waals surface area contributed by atoms with E-state index in [1.54, 1.807) is 11.3 Å². The molecule has 0 saturated carbocycles. The van der Waals surface area contributed by atoms with E-state index in [4.69, 9.17) is 4.74 Å².